The van der Waals surface area contributed by atoms with Crippen LogP contribution in [-0.4, -0.2) is 36.0 Å². The molecule has 0 saturated heterocycles. The van der Waals surface area contributed by atoms with Crippen LogP contribution < -0.4 is 10.6 Å². The van der Waals surface area contributed by atoms with Gasteiger partial charge in [-0.25, -0.2) is 9.59 Å². The number of carboxylic acids is 1. The third-order valence-corrected chi connectivity index (χ3v) is 8.62. The summed E-state index contributed by atoms with van der Waals surface area (Å²) in [5, 5.41) is 15.9. The number of hydrogen-bond acceptors (Lipinski definition) is 5. The van der Waals surface area contributed by atoms with Gasteiger partial charge >= 0.3 is 11.9 Å². The Labute approximate surface area is 293 Å². The number of esters is 1. The number of fused-ring (bicyclic) bond motifs is 2. The van der Waals surface area contributed by atoms with Crippen molar-refractivity contribution in [2.75, 3.05) is 7.11 Å². The number of aryl methyl sites for hydroxylation is 2. The minimum Gasteiger partial charge on any atom is -0.478 e. The van der Waals surface area contributed by atoms with Crippen LogP contribution in [0.15, 0.2) is 84.9 Å². The molecule has 238 valence electrons. The molecule has 46 heavy (non-hydrogen) atoms. The summed E-state index contributed by atoms with van der Waals surface area (Å²) in [6.07, 6.45) is 3.25. The van der Waals surface area contributed by atoms with Crippen LogP contribution in [0.3, 0.4) is 0 Å². The lowest BCUT2D eigenvalue weighted by atomic mass is 10.0. The SMILES string of the molecule is COC(=O)c1ccc2c(c1)C(NC(=O)c1ccccc1Cl)CC2.I.O=C(O)c1ccc2c(c1)C(NC(=O)c1ccccc1Cl)CC2. The third kappa shape index (κ3) is 7.89. The van der Waals surface area contributed by atoms with Gasteiger partial charge < -0.3 is 20.5 Å². The molecule has 2 atom stereocenters. The Balaban J connectivity index is 0.000000205. The first kappa shape index (κ1) is 34.9. The standard InChI is InChI=1S/C18H16ClNO3.C17H14ClNO3.HI/c1-23-18(22)12-7-6-11-8-9-16(14(11)10-12)20-17(21)13-4-2-3-5-15(13)19;18-14-4-2-1-3-12(14)16(20)19-15-8-7-10-5-6-11(17(21)22)9-13(10)15;/h2-7,10,16H,8-9H2,1H3,(H,20,21);1-6,9,15H,7-8H2,(H,19,20)(H,21,22);1H. The molecule has 4 aromatic carbocycles. The molecule has 0 fully saturated rings. The van der Waals surface area contributed by atoms with Crippen LogP contribution in [0.2, 0.25) is 10.0 Å². The van der Waals surface area contributed by atoms with Gasteiger partial charge in [-0.2, -0.15) is 0 Å². The highest BCUT2D eigenvalue weighted by Gasteiger charge is 2.27. The monoisotopic (exact) mass is 772 g/mol. The van der Waals surface area contributed by atoms with Gasteiger partial charge in [0.15, 0.2) is 0 Å². The van der Waals surface area contributed by atoms with E-state index in [0.29, 0.717) is 26.7 Å². The fraction of sp³-hybridized carbons (Fsp3) is 0.200. The number of rotatable bonds is 6. The van der Waals surface area contributed by atoms with Crippen LogP contribution in [0.5, 0.6) is 0 Å². The summed E-state index contributed by atoms with van der Waals surface area (Å²) in [6.45, 7) is 0. The van der Waals surface area contributed by atoms with Gasteiger partial charge in [0.2, 0.25) is 0 Å². The van der Waals surface area contributed by atoms with Gasteiger partial charge in [0, 0.05) is 0 Å². The van der Waals surface area contributed by atoms with E-state index < -0.39 is 5.97 Å². The number of ether oxygens (including phenoxy) is 1. The average molecular weight is 773 g/mol. The van der Waals surface area contributed by atoms with Crippen molar-refractivity contribution in [3.63, 3.8) is 0 Å². The van der Waals surface area contributed by atoms with E-state index in [2.05, 4.69) is 10.6 Å². The number of hydrogen-bond donors (Lipinski definition) is 3. The maximum absolute atomic E-state index is 12.4. The van der Waals surface area contributed by atoms with E-state index in [0.717, 1.165) is 47.9 Å². The Bertz CT molecular complexity index is 1800. The molecule has 0 aliphatic heterocycles. The number of halogens is 3. The minimum absolute atomic E-state index is 0. The van der Waals surface area contributed by atoms with Gasteiger partial charge in [-0.1, -0.05) is 59.6 Å². The molecule has 0 bridgehead atoms. The predicted octanol–water partition coefficient (Wildman–Crippen LogP) is 7.62. The zero-order chi connectivity index (χ0) is 32.1. The lowest BCUT2D eigenvalue weighted by Gasteiger charge is -2.15. The summed E-state index contributed by atoms with van der Waals surface area (Å²) in [6, 6.07) is 24.0. The molecule has 4 aromatic rings. The lowest BCUT2D eigenvalue weighted by molar-refractivity contribution is 0.0599. The average Bonchev–Trinajstić information content (AvgIpc) is 3.64. The quantitative estimate of drug-likeness (QED) is 0.137. The summed E-state index contributed by atoms with van der Waals surface area (Å²) in [4.78, 5) is 47.5. The fourth-order valence-electron chi connectivity index (χ4n) is 5.65. The normalized spacial score (nSPS) is 15.6. The van der Waals surface area contributed by atoms with Gasteiger partial charge in [0.25, 0.3) is 11.8 Å². The van der Waals surface area contributed by atoms with E-state index in [1.165, 1.54) is 7.11 Å². The van der Waals surface area contributed by atoms with Gasteiger partial charge in [-0.15, -0.1) is 24.0 Å². The Morgan fingerprint density at radius 2 is 1.13 bits per heavy atom. The van der Waals surface area contributed by atoms with Crippen LogP contribution >= 0.6 is 47.2 Å². The molecule has 0 saturated carbocycles. The second kappa shape index (κ2) is 15.6. The highest BCUT2D eigenvalue weighted by atomic mass is 127. The summed E-state index contributed by atoms with van der Waals surface area (Å²) in [5.74, 6) is -1.80. The molecule has 3 N–H and O–H groups in total. The molecule has 2 aliphatic rings. The predicted molar refractivity (Wildman–Crippen MR) is 187 cm³/mol. The zero-order valence-electron chi connectivity index (χ0n) is 24.7. The third-order valence-electron chi connectivity index (χ3n) is 7.96. The number of nitrogens with one attached hydrogen (secondary N) is 2. The number of carbonyl (C=O) groups excluding carboxylic acids is 3. The molecular weight excluding hydrogens is 742 g/mol. The number of amides is 2. The summed E-state index contributed by atoms with van der Waals surface area (Å²) >= 11 is 12.1. The first-order valence-corrected chi connectivity index (χ1v) is 15.1. The van der Waals surface area contributed by atoms with Crippen LogP contribution in [0.4, 0.5) is 0 Å². The molecular formula is C35H31Cl2IN2O6. The molecule has 2 aliphatic carbocycles. The van der Waals surface area contributed by atoms with Crippen molar-refractivity contribution in [3.05, 3.63) is 139 Å². The van der Waals surface area contributed by atoms with E-state index in [1.54, 1.807) is 72.8 Å². The molecule has 11 heteroatoms. The summed E-state index contributed by atoms with van der Waals surface area (Å²) < 4.78 is 4.75. The molecule has 8 nitrogen and oxygen atoms in total. The maximum atomic E-state index is 12.4. The first-order valence-electron chi connectivity index (χ1n) is 14.3. The summed E-state index contributed by atoms with van der Waals surface area (Å²) in [7, 11) is 1.35. The van der Waals surface area contributed by atoms with Gasteiger partial charge in [0.1, 0.15) is 0 Å². The van der Waals surface area contributed by atoms with Crippen molar-refractivity contribution in [1.29, 1.82) is 0 Å². The smallest absolute Gasteiger partial charge is 0.337 e. The molecule has 2 unspecified atom stereocenters. The fourth-order valence-corrected chi connectivity index (χ4v) is 6.09. The zero-order valence-corrected chi connectivity index (χ0v) is 28.6. The molecule has 0 aromatic heterocycles. The van der Waals surface area contributed by atoms with E-state index in [1.807, 2.05) is 12.1 Å². The van der Waals surface area contributed by atoms with Crippen LogP contribution in [0.25, 0.3) is 0 Å². The van der Waals surface area contributed by atoms with Crippen molar-refractivity contribution < 1.29 is 29.0 Å². The van der Waals surface area contributed by atoms with Crippen molar-refractivity contribution in [2.24, 2.45) is 0 Å². The number of carboxylic acid groups (broad SMARTS) is 1. The van der Waals surface area contributed by atoms with E-state index >= 15 is 0 Å². The van der Waals surface area contributed by atoms with E-state index in [-0.39, 0.29) is 59.4 Å². The maximum Gasteiger partial charge on any atom is 0.337 e. The van der Waals surface area contributed by atoms with Crippen molar-refractivity contribution in [3.8, 4) is 0 Å². The molecule has 0 spiro atoms. The first-order chi connectivity index (χ1) is 21.7. The number of carbonyl (C=O) groups is 4. The van der Waals surface area contributed by atoms with Gasteiger partial charge in [0.05, 0.1) is 51.5 Å². The van der Waals surface area contributed by atoms with E-state index in [9.17, 15) is 19.2 Å². The van der Waals surface area contributed by atoms with Gasteiger partial charge in [-0.3, -0.25) is 9.59 Å². The molecule has 6 rings (SSSR count). The Morgan fingerprint density at radius 1 is 0.696 bits per heavy atom. The Kier molecular flexibility index (Phi) is 11.8. The molecule has 0 radical (unpaired) electrons. The number of aromatic carboxylic acids is 1. The largest absolute Gasteiger partial charge is 0.478 e. The van der Waals surface area contributed by atoms with E-state index in [4.69, 9.17) is 33.0 Å². The van der Waals surface area contributed by atoms with Crippen molar-refractivity contribution >= 4 is 70.9 Å². The second-order valence-corrected chi connectivity index (χ2v) is 11.5. The number of methoxy groups -OCH3 is 1. The Morgan fingerprint density at radius 3 is 1.57 bits per heavy atom. The molecule has 0 heterocycles. The Hall–Kier alpha value is -3.93. The molecule has 2 amide bonds. The minimum atomic E-state index is -0.967. The highest BCUT2D eigenvalue weighted by molar-refractivity contribution is 14.0. The van der Waals surface area contributed by atoms with Crippen molar-refractivity contribution in [2.45, 2.75) is 37.8 Å². The van der Waals surface area contributed by atoms with Crippen LogP contribution in [0.1, 0.15) is 88.6 Å². The lowest BCUT2D eigenvalue weighted by Crippen LogP contribution is -2.27. The number of benzene rings is 4. The van der Waals surface area contributed by atoms with Gasteiger partial charge in [-0.05, 0) is 96.5 Å². The highest BCUT2D eigenvalue weighted by Crippen LogP contribution is 2.34. The van der Waals surface area contributed by atoms with Crippen LogP contribution in [0, 0.1) is 0 Å². The van der Waals surface area contributed by atoms with Crippen LogP contribution in [-0.2, 0) is 17.6 Å². The topological polar surface area (TPSA) is 122 Å². The second-order valence-electron chi connectivity index (χ2n) is 10.7. The summed E-state index contributed by atoms with van der Waals surface area (Å²) in [5.41, 5.74) is 5.66. The van der Waals surface area contributed by atoms with Crippen molar-refractivity contribution in [1.82, 2.24) is 10.6 Å².